The van der Waals surface area contributed by atoms with Crippen molar-refractivity contribution in [3.63, 3.8) is 0 Å². The summed E-state index contributed by atoms with van der Waals surface area (Å²) in [6.07, 6.45) is 0.0743. The van der Waals surface area contributed by atoms with Crippen LogP contribution in [-0.2, 0) is 35.3 Å². The molecule has 0 unspecified atom stereocenters. The SMILES string of the molecule is COc1ccccc1NC(=O)[C@H](Cc1ccccc1)NS(=O)(=O)c1ccc2c(c1)c(=O)n(C)c(=O)n2C. The third kappa shape index (κ3) is 5.32. The predicted octanol–water partition coefficient (Wildman–Crippen LogP) is 1.77. The zero-order chi connectivity index (χ0) is 26.7. The van der Waals surface area contributed by atoms with Gasteiger partial charge < -0.3 is 10.1 Å². The number of methoxy groups -OCH3 is 1. The molecule has 11 heteroatoms. The van der Waals surface area contributed by atoms with Crippen molar-refractivity contribution < 1.29 is 17.9 Å². The molecule has 192 valence electrons. The molecule has 0 aliphatic heterocycles. The normalized spacial score (nSPS) is 12.3. The number of fused-ring (bicyclic) bond motifs is 1. The molecular formula is C26H26N4O6S. The molecular weight excluding hydrogens is 496 g/mol. The van der Waals surface area contributed by atoms with Crippen molar-refractivity contribution in [3.05, 3.63) is 99.2 Å². The number of sulfonamides is 1. The molecule has 1 aromatic heterocycles. The third-order valence-corrected chi connectivity index (χ3v) is 7.48. The number of para-hydroxylation sites is 2. The van der Waals surface area contributed by atoms with Crippen LogP contribution in [-0.4, -0.2) is 36.6 Å². The largest absolute Gasteiger partial charge is 0.495 e. The first-order chi connectivity index (χ1) is 17.6. The number of rotatable bonds is 8. The average Bonchev–Trinajstić information content (AvgIpc) is 2.90. The van der Waals surface area contributed by atoms with Crippen LogP contribution in [0.1, 0.15) is 5.56 Å². The molecule has 3 aromatic carbocycles. The van der Waals surface area contributed by atoms with Gasteiger partial charge in [-0.25, -0.2) is 13.2 Å². The van der Waals surface area contributed by atoms with Crippen LogP contribution in [0.4, 0.5) is 5.69 Å². The fourth-order valence-corrected chi connectivity index (χ4v) is 5.22. The van der Waals surface area contributed by atoms with Crippen LogP contribution < -0.4 is 26.0 Å². The van der Waals surface area contributed by atoms with Crippen LogP contribution in [0.15, 0.2) is 87.3 Å². The zero-order valence-electron chi connectivity index (χ0n) is 20.5. The lowest BCUT2D eigenvalue weighted by atomic mass is 10.1. The number of aromatic nitrogens is 2. The standard InChI is InChI=1S/C26H26N4O6S/c1-29-22-14-13-18(16-19(22)25(32)30(2)26(29)33)37(34,35)28-21(15-17-9-5-4-6-10-17)24(31)27-20-11-7-8-12-23(20)36-3/h4-14,16,21,28H,15H2,1-3H3,(H,27,31)/t21-/m0/s1. The molecule has 0 aliphatic rings. The molecule has 0 spiro atoms. The Labute approximate surface area is 213 Å². The van der Waals surface area contributed by atoms with Gasteiger partial charge in [0.2, 0.25) is 15.9 Å². The van der Waals surface area contributed by atoms with Crippen LogP contribution in [0.5, 0.6) is 5.75 Å². The molecule has 0 saturated heterocycles. The van der Waals surface area contributed by atoms with Gasteiger partial charge in [-0.3, -0.25) is 18.7 Å². The number of anilines is 1. The molecule has 10 nitrogen and oxygen atoms in total. The van der Waals surface area contributed by atoms with E-state index in [1.54, 1.807) is 48.5 Å². The van der Waals surface area contributed by atoms with E-state index in [0.29, 0.717) is 17.0 Å². The lowest BCUT2D eigenvalue weighted by molar-refractivity contribution is -0.117. The molecule has 0 saturated carbocycles. The quantitative estimate of drug-likeness (QED) is 0.363. The minimum Gasteiger partial charge on any atom is -0.495 e. The smallest absolute Gasteiger partial charge is 0.330 e. The second kappa shape index (κ2) is 10.4. The number of hydrogen-bond donors (Lipinski definition) is 2. The minimum absolute atomic E-state index is 0.0607. The Morgan fingerprint density at radius 3 is 2.32 bits per heavy atom. The van der Waals surface area contributed by atoms with Crippen LogP contribution in [0.25, 0.3) is 10.9 Å². The van der Waals surface area contributed by atoms with Gasteiger partial charge in [0, 0.05) is 14.1 Å². The summed E-state index contributed by atoms with van der Waals surface area (Å²) in [4.78, 5) is 38.0. The van der Waals surface area contributed by atoms with Gasteiger partial charge in [0.1, 0.15) is 11.8 Å². The van der Waals surface area contributed by atoms with Crippen LogP contribution in [0.2, 0.25) is 0 Å². The predicted molar refractivity (Wildman–Crippen MR) is 140 cm³/mol. The van der Waals surface area contributed by atoms with Crippen LogP contribution in [0.3, 0.4) is 0 Å². The van der Waals surface area contributed by atoms with Crippen molar-refractivity contribution in [2.75, 3.05) is 12.4 Å². The van der Waals surface area contributed by atoms with E-state index in [-0.39, 0.29) is 16.7 Å². The Morgan fingerprint density at radius 1 is 0.946 bits per heavy atom. The zero-order valence-corrected chi connectivity index (χ0v) is 21.3. The number of hydrogen-bond acceptors (Lipinski definition) is 6. The summed E-state index contributed by atoms with van der Waals surface area (Å²) in [6, 6.07) is 18.5. The second-order valence-corrected chi connectivity index (χ2v) is 10.2. The van der Waals surface area contributed by atoms with Gasteiger partial charge in [-0.1, -0.05) is 42.5 Å². The number of carbonyl (C=O) groups excluding carboxylic acids is 1. The monoisotopic (exact) mass is 522 g/mol. The first-order valence-corrected chi connectivity index (χ1v) is 12.8. The fourth-order valence-electron chi connectivity index (χ4n) is 4.00. The Balaban J connectivity index is 1.71. The Hall–Kier alpha value is -4.22. The maximum Gasteiger partial charge on any atom is 0.330 e. The van der Waals surface area contributed by atoms with E-state index in [4.69, 9.17) is 4.74 Å². The highest BCUT2D eigenvalue weighted by atomic mass is 32.2. The average molecular weight is 523 g/mol. The van der Waals surface area contributed by atoms with E-state index in [1.165, 1.54) is 44.0 Å². The summed E-state index contributed by atoms with van der Waals surface area (Å²) in [7, 11) is 0.0287. The van der Waals surface area contributed by atoms with Gasteiger partial charge in [0.05, 0.1) is 28.6 Å². The summed E-state index contributed by atoms with van der Waals surface area (Å²) in [5.41, 5.74) is 0.281. The van der Waals surface area contributed by atoms with E-state index in [0.717, 1.165) is 10.1 Å². The summed E-state index contributed by atoms with van der Waals surface area (Å²) in [6.45, 7) is 0. The molecule has 1 amide bonds. The maximum absolute atomic E-state index is 13.4. The fraction of sp³-hybridized carbons (Fsp3) is 0.192. The molecule has 4 aromatic rings. The van der Waals surface area contributed by atoms with Crippen molar-refractivity contribution in [1.82, 2.24) is 13.9 Å². The molecule has 2 N–H and O–H groups in total. The first kappa shape index (κ1) is 25.9. The topological polar surface area (TPSA) is 128 Å². The summed E-state index contributed by atoms with van der Waals surface area (Å²) in [5.74, 6) is -0.163. The molecule has 1 atom stereocenters. The van der Waals surface area contributed by atoms with Gasteiger partial charge in [0.25, 0.3) is 5.56 Å². The van der Waals surface area contributed by atoms with E-state index in [9.17, 15) is 22.8 Å². The Morgan fingerprint density at radius 2 is 1.62 bits per heavy atom. The number of amides is 1. The van der Waals surface area contributed by atoms with Gasteiger partial charge >= 0.3 is 5.69 Å². The summed E-state index contributed by atoms with van der Waals surface area (Å²) >= 11 is 0. The van der Waals surface area contributed by atoms with E-state index in [2.05, 4.69) is 10.0 Å². The molecule has 4 rings (SSSR count). The molecule has 0 radical (unpaired) electrons. The third-order valence-electron chi connectivity index (χ3n) is 6.01. The number of aryl methyl sites for hydroxylation is 1. The van der Waals surface area contributed by atoms with Gasteiger partial charge in [0.15, 0.2) is 0 Å². The van der Waals surface area contributed by atoms with Crippen LogP contribution >= 0.6 is 0 Å². The molecule has 0 fully saturated rings. The van der Waals surface area contributed by atoms with Gasteiger partial charge in [-0.2, -0.15) is 4.72 Å². The van der Waals surface area contributed by atoms with Crippen molar-refractivity contribution in [3.8, 4) is 5.75 Å². The number of nitrogens with zero attached hydrogens (tertiary/aromatic N) is 2. The molecule has 0 bridgehead atoms. The second-order valence-electron chi connectivity index (χ2n) is 8.44. The number of ether oxygens (including phenoxy) is 1. The Bertz CT molecular complexity index is 1690. The number of carbonyl (C=O) groups is 1. The minimum atomic E-state index is -4.25. The molecule has 37 heavy (non-hydrogen) atoms. The highest BCUT2D eigenvalue weighted by molar-refractivity contribution is 7.89. The van der Waals surface area contributed by atoms with Crippen molar-refractivity contribution in [2.45, 2.75) is 17.4 Å². The highest BCUT2D eigenvalue weighted by Gasteiger charge is 2.27. The first-order valence-electron chi connectivity index (χ1n) is 11.3. The van der Waals surface area contributed by atoms with Crippen molar-refractivity contribution in [1.29, 1.82) is 0 Å². The Kier molecular flexibility index (Phi) is 7.28. The molecule has 1 heterocycles. The van der Waals surface area contributed by atoms with Gasteiger partial charge in [-0.15, -0.1) is 0 Å². The lowest BCUT2D eigenvalue weighted by Crippen LogP contribution is -2.45. The summed E-state index contributed by atoms with van der Waals surface area (Å²) < 4.78 is 36.8. The molecule has 0 aliphatic carbocycles. The lowest BCUT2D eigenvalue weighted by Gasteiger charge is -2.20. The van der Waals surface area contributed by atoms with Gasteiger partial charge in [-0.05, 0) is 42.3 Å². The van der Waals surface area contributed by atoms with Crippen LogP contribution in [0, 0.1) is 0 Å². The van der Waals surface area contributed by atoms with E-state index in [1.807, 2.05) is 6.07 Å². The van der Waals surface area contributed by atoms with Crippen molar-refractivity contribution >= 4 is 32.5 Å². The van der Waals surface area contributed by atoms with Crippen molar-refractivity contribution in [2.24, 2.45) is 14.1 Å². The number of benzene rings is 3. The highest BCUT2D eigenvalue weighted by Crippen LogP contribution is 2.24. The van der Waals surface area contributed by atoms with E-state index >= 15 is 0 Å². The maximum atomic E-state index is 13.4. The summed E-state index contributed by atoms with van der Waals surface area (Å²) in [5, 5.41) is 2.79. The number of nitrogens with one attached hydrogen (secondary N) is 2. The van der Waals surface area contributed by atoms with E-state index < -0.39 is 33.2 Å².